The van der Waals surface area contributed by atoms with Crippen LogP contribution in [0.1, 0.15) is 36.8 Å². The molecule has 0 aliphatic carbocycles. The van der Waals surface area contributed by atoms with Gasteiger partial charge in [0.2, 0.25) is 0 Å². The molecular weight excluding hydrogens is 405 g/mol. The molecule has 1 aromatic heterocycles. The zero-order valence-corrected chi connectivity index (χ0v) is 17.4. The highest BCUT2D eigenvalue weighted by Gasteiger charge is 2.24. The highest BCUT2D eigenvalue weighted by molar-refractivity contribution is 6.42. The fourth-order valence-corrected chi connectivity index (χ4v) is 3.21. The molecule has 0 bridgehead atoms. The van der Waals surface area contributed by atoms with E-state index in [1.54, 1.807) is 36.6 Å². The van der Waals surface area contributed by atoms with Crippen LogP contribution in [0, 0.1) is 0 Å². The molecule has 0 spiro atoms. The molecule has 0 N–H and O–H groups in total. The van der Waals surface area contributed by atoms with Crippen molar-refractivity contribution in [1.82, 2.24) is 4.57 Å². The van der Waals surface area contributed by atoms with Crippen molar-refractivity contribution in [2.75, 3.05) is 13.2 Å². The Morgan fingerprint density at radius 3 is 2.25 bits per heavy atom. The number of hydrogen-bond donors (Lipinski definition) is 0. The molecule has 0 atom stereocenters. The van der Waals surface area contributed by atoms with Crippen LogP contribution in [0.3, 0.4) is 0 Å². The lowest BCUT2D eigenvalue weighted by Gasteiger charge is -2.20. The van der Waals surface area contributed by atoms with Gasteiger partial charge in [-0.1, -0.05) is 29.3 Å². The van der Waals surface area contributed by atoms with Crippen molar-refractivity contribution in [3.05, 3.63) is 55.8 Å². The number of carbonyl (C=O) groups is 2. The topological polar surface area (TPSA) is 74.6 Å². The first kappa shape index (κ1) is 22.0. The Hall–Kier alpha value is -2.31. The maximum atomic E-state index is 12.8. The smallest absolute Gasteiger partial charge is 0.344 e. The number of carbonyl (C=O) groups excluding carboxylic acids is 2. The van der Waals surface area contributed by atoms with Crippen molar-refractivity contribution in [1.29, 1.82) is 0 Å². The maximum Gasteiger partial charge on any atom is 0.344 e. The average molecular weight is 426 g/mol. The van der Waals surface area contributed by atoms with Gasteiger partial charge in [-0.15, -0.1) is 0 Å². The lowest BCUT2D eigenvalue weighted by molar-refractivity contribution is -0.142. The number of ether oxygens (including phenoxy) is 2. The second kappa shape index (κ2) is 9.75. The zero-order chi connectivity index (χ0) is 20.8. The molecule has 1 heterocycles. The summed E-state index contributed by atoms with van der Waals surface area (Å²) >= 11 is 12.2. The van der Waals surface area contributed by atoms with Gasteiger partial charge in [-0.3, -0.25) is 9.59 Å². The SMILES string of the molecule is CCOC(=O)Cc1cc(=O)c(C(=O)OCC)c(-c2ccc(Cl)c(Cl)c2)n1CC. The van der Waals surface area contributed by atoms with Crippen molar-refractivity contribution in [3.8, 4) is 11.3 Å². The Morgan fingerprint density at radius 1 is 1.00 bits per heavy atom. The van der Waals surface area contributed by atoms with Gasteiger partial charge in [0.15, 0.2) is 5.43 Å². The van der Waals surface area contributed by atoms with E-state index in [-0.39, 0.29) is 30.2 Å². The number of benzene rings is 1. The van der Waals surface area contributed by atoms with E-state index < -0.39 is 17.4 Å². The lowest BCUT2D eigenvalue weighted by Crippen LogP contribution is -2.26. The summed E-state index contributed by atoms with van der Waals surface area (Å²) in [5, 5.41) is 0.621. The van der Waals surface area contributed by atoms with E-state index in [1.165, 1.54) is 6.07 Å². The summed E-state index contributed by atoms with van der Waals surface area (Å²) < 4.78 is 11.8. The summed E-state index contributed by atoms with van der Waals surface area (Å²) in [5.74, 6) is -1.20. The van der Waals surface area contributed by atoms with Crippen molar-refractivity contribution in [2.45, 2.75) is 33.7 Å². The predicted molar refractivity (Wildman–Crippen MR) is 108 cm³/mol. The van der Waals surface area contributed by atoms with Crippen LogP contribution >= 0.6 is 23.2 Å². The molecule has 2 rings (SSSR count). The molecule has 8 heteroatoms. The normalized spacial score (nSPS) is 10.6. The maximum absolute atomic E-state index is 12.8. The standard InChI is InChI=1S/C20H21Cl2NO5/c1-4-23-13(11-17(25)27-5-2)10-16(24)18(20(26)28-6-3)19(23)12-7-8-14(21)15(22)9-12/h7-10H,4-6,11H2,1-3H3. The van der Waals surface area contributed by atoms with Crippen LogP contribution in [-0.4, -0.2) is 29.7 Å². The fourth-order valence-electron chi connectivity index (χ4n) is 2.91. The molecule has 0 aliphatic heterocycles. The molecule has 0 unspecified atom stereocenters. The molecule has 2 aromatic rings. The van der Waals surface area contributed by atoms with Crippen molar-refractivity contribution >= 4 is 35.1 Å². The van der Waals surface area contributed by atoms with Gasteiger partial charge in [0.05, 0.1) is 35.4 Å². The zero-order valence-electron chi connectivity index (χ0n) is 15.9. The number of esters is 2. The number of aromatic nitrogens is 1. The quantitative estimate of drug-likeness (QED) is 0.623. The molecule has 0 aliphatic rings. The van der Waals surface area contributed by atoms with Gasteiger partial charge in [0, 0.05) is 23.9 Å². The van der Waals surface area contributed by atoms with Crippen LogP contribution in [0.4, 0.5) is 0 Å². The van der Waals surface area contributed by atoms with Gasteiger partial charge in [0.25, 0.3) is 0 Å². The van der Waals surface area contributed by atoms with Gasteiger partial charge in [0.1, 0.15) is 5.56 Å². The highest BCUT2D eigenvalue weighted by Crippen LogP contribution is 2.31. The molecular formula is C20H21Cl2NO5. The summed E-state index contributed by atoms with van der Waals surface area (Å²) in [4.78, 5) is 37.3. The highest BCUT2D eigenvalue weighted by atomic mass is 35.5. The minimum Gasteiger partial charge on any atom is -0.466 e. The first-order valence-corrected chi connectivity index (χ1v) is 9.64. The molecule has 1 aromatic carbocycles. The second-order valence-electron chi connectivity index (χ2n) is 5.80. The number of nitrogens with zero attached hydrogens (tertiary/aromatic N) is 1. The van der Waals surface area contributed by atoms with E-state index in [0.717, 1.165) is 0 Å². The minimum absolute atomic E-state index is 0.103. The van der Waals surface area contributed by atoms with Crippen molar-refractivity contribution < 1.29 is 19.1 Å². The van der Waals surface area contributed by atoms with Crippen LogP contribution in [0.2, 0.25) is 10.0 Å². The van der Waals surface area contributed by atoms with E-state index in [0.29, 0.717) is 28.5 Å². The molecule has 0 saturated heterocycles. The third-order valence-corrected chi connectivity index (χ3v) is 4.76. The van der Waals surface area contributed by atoms with Crippen LogP contribution in [-0.2, 0) is 27.2 Å². The monoisotopic (exact) mass is 425 g/mol. The van der Waals surface area contributed by atoms with Crippen molar-refractivity contribution in [2.24, 2.45) is 0 Å². The summed E-state index contributed by atoms with van der Waals surface area (Å²) in [6.07, 6.45) is -0.103. The van der Waals surface area contributed by atoms with Gasteiger partial charge in [-0.2, -0.15) is 0 Å². The number of halogens is 2. The van der Waals surface area contributed by atoms with E-state index in [1.807, 2.05) is 6.92 Å². The summed E-state index contributed by atoms with van der Waals surface area (Å²) in [5.41, 5.74) is 0.617. The second-order valence-corrected chi connectivity index (χ2v) is 6.61. The van der Waals surface area contributed by atoms with Gasteiger partial charge in [-0.25, -0.2) is 4.79 Å². The molecule has 0 amide bonds. The first-order chi connectivity index (χ1) is 13.3. The Bertz CT molecular complexity index is 952. The molecule has 150 valence electrons. The molecule has 28 heavy (non-hydrogen) atoms. The third-order valence-electron chi connectivity index (χ3n) is 4.02. The van der Waals surface area contributed by atoms with Crippen LogP contribution in [0.5, 0.6) is 0 Å². The predicted octanol–water partition coefficient (Wildman–Crippen LogP) is 4.12. The molecule has 0 fully saturated rings. The van der Waals surface area contributed by atoms with E-state index in [4.69, 9.17) is 32.7 Å². The Kier molecular flexibility index (Phi) is 7.66. The third kappa shape index (κ3) is 4.75. The number of hydrogen-bond acceptors (Lipinski definition) is 5. The number of pyridine rings is 1. The molecule has 6 nitrogen and oxygen atoms in total. The first-order valence-electron chi connectivity index (χ1n) is 8.88. The minimum atomic E-state index is -0.738. The van der Waals surface area contributed by atoms with Crippen molar-refractivity contribution in [3.63, 3.8) is 0 Å². The molecule has 0 radical (unpaired) electrons. The van der Waals surface area contributed by atoms with Gasteiger partial charge < -0.3 is 14.0 Å². The van der Waals surface area contributed by atoms with E-state index in [2.05, 4.69) is 0 Å². The lowest BCUT2D eigenvalue weighted by atomic mass is 10.0. The molecule has 0 saturated carbocycles. The van der Waals surface area contributed by atoms with Crippen LogP contribution in [0.25, 0.3) is 11.3 Å². The Balaban J connectivity index is 2.79. The summed E-state index contributed by atoms with van der Waals surface area (Å²) in [7, 11) is 0. The fraction of sp³-hybridized carbons (Fsp3) is 0.350. The summed E-state index contributed by atoms with van der Waals surface area (Å²) in [6.45, 7) is 5.96. The van der Waals surface area contributed by atoms with E-state index in [9.17, 15) is 14.4 Å². The van der Waals surface area contributed by atoms with Gasteiger partial charge in [-0.05, 0) is 32.9 Å². The Morgan fingerprint density at radius 2 is 1.68 bits per heavy atom. The van der Waals surface area contributed by atoms with E-state index >= 15 is 0 Å². The average Bonchev–Trinajstić information content (AvgIpc) is 2.63. The van der Waals surface area contributed by atoms with Gasteiger partial charge >= 0.3 is 11.9 Å². The van der Waals surface area contributed by atoms with Crippen LogP contribution < -0.4 is 5.43 Å². The van der Waals surface area contributed by atoms with Crippen LogP contribution in [0.15, 0.2) is 29.1 Å². The summed E-state index contributed by atoms with van der Waals surface area (Å²) in [6, 6.07) is 6.08. The number of rotatable bonds is 7. The Labute approximate surface area is 173 Å². The largest absolute Gasteiger partial charge is 0.466 e.